The number of nitrogens with zero attached hydrogens (tertiary/aromatic N) is 1. The van der Waals surface area contributed by atoms with Gasteiger partial charge in [0.05, 0.1) is 10.6 Å². The second-order valence-corrected chi connectivity index (χ2v) is 10.1. The molecular weight excluding hydrogens is 396 g/mol. The van der Waals surface area contributed by atoms with Gasteiger partial charge in [-0.1, -0.05) is 50.6 Å². The third-order valence-corrected chi connectivity index (χ3v) is 6.37. The molecule has 0 aliphatic carbocycles. The van der Waals surface area contributed by atoms with Crippen molar-refractivity contribution in [2.45, 2.75) is 38.0 Å². The van der Waals surface area contributed by atoms with Crippen molar-refractivity contribution >= 4 is 26.8 Å². The Bertz CT molecular complexity index is 1300. The highest BCUT2D eigenvalue weighted by molar-refractivity contribution is 7.92. The summed E-state index contributed by atoms with van der Waals surface area (Å²) in [5, 5.41) is 0. The van der Waals surface area contributed by atoms with Gasteiger partial charge in [0.25, 0.3) is 10.0 Å². The van der Waals surface area contributed by atoms with Gasteiger partial charge in [-0.05, 0) is 54.3 Å². The SMILES string of the molecule is Cc1ccc(S(=O)(=O)Nc2ccc3nc(-c4ccc(C(C)(C)C)cc4)oc3c2)cc1. The van der Waals surface area contributed by atoms with Crippen LogP contribution in [0.5, 0.6) is 0 Å². The van der Waals surface area contributed by atoms with Crippen molar-refractivity contribution in [2.24, 2.45) is 0 Å². The van der Waals surface area contributed by atoms with E-state index < -0.39 is 10.0 Å². The summed E-state index contributed by atoms with van der Waals surface area (Å²) in [6.45, 7) is 8.41. The summed E-state index contributed by atoms with van der Waals surface area (Å²) in [6, 6.07) is 19.9. The zero-order valence-electron chi connectivity index (χ0n) is 17.4. The second kappa shape index (κ2) is 7.29. The molecule has 4 rings (SSSR count). The number of hydrogen-bond donors (Lipinski definition) is 1. The lowest BCUT2D eigenvalue weighted by Crippen LogP contribution is -2.12. The Hall–Kier alpha value is -3.12. The highest BCUT2D eigenvalue weighted by atomic mass is 32.2. The van der Waals surface area contributed by atoms with Gasteiger partial charge in [-0.2, -0.15) is 0 Å². The number of oxazole rings is 1. The van der Waals surface area contributed by atoms with Crippen LogP contribution in [0.25, 0.3) is 22.6 Å². The van der Waals surface area contributed by atoms with E-state index in [1.165, 1.54) is 5.56 Å². The number of rotatable bonds is 4. The summed E-state index contributed by atoms with van der Waals surface area (Å²) in [4.78, 5) is 4.75. The van der Waals surface area contributed by atoms with Gasteiger partial charge < -0.3 is 4.42 Å². The fraction of sp³-hybridized carbons (Fsp3) is 0.208. The molecule has 3 aromatic carbocycles. The molecule has 0 saturated carbocycles. The lowest BCUT2D eigenvalue weighted by molar-refractivity contribution is 0.589. The summed E-state index contributed by atoms with van der Waals surface area (Å²) in [5.74, 6) is 0.504. The van der Waals surface area contributed by atoms with E-state index in [0.29, 0.717) is 22.7 Å². The fourth-order valence-electron chi connectivity index (χ4n) is 3.16. The second-order valence-electron chi connectivity index (χ2n) is 8.45. The van der Waals surface area contributed by atoms with E-state index in [1.54, 1.807) is 42.5 Å². The number of hydrogen-bond acceptors (Lipinski definition) is 4. The van der Waals surface area contributed by atoms with Gasteiger partial charge in [-0.3, -0.25) is 4.72 Å². The first-order chi connectivity index (χ1) is 14.1. The highest BCUT2D eigenvalue weighted by Crippen LogP contribution is 2.29. The Morgan fingerprint density at radius 3 is 2.20 bits per heavy atom. The molecule has 0 unspecified atom stereocenters. The van der Waals surface area contributed by atoms with E-state index in [9.17, 15) is 8.42 Å². The summed E-state index contributed by atoms with van der Waals surface area (Å²) in [5.41, 5.74) is 4.80. The molecule has 1 N–H and O–H groups in total. The zero-order chi connectivity index (χ0) is 21.5. The van der Waals surface area contributed by atoms with Gasteiger partial charge in [0.15, 0.2) is 5.58 Å². The van der Waals surface area contributed by atoms with Crippen LogP contribution < -0.4 is 4.72 Å². The molecule has 0 bridgehead atoms. The molecule has 0 spiro atoms. The Morgan fingerprint density at radius 2 is 1.57 bits per heavy atom. The predicted molar refractivity (Wildman–Crippen MR) is 120 cm³/mol. The van der Waals surface area contributed by atoms with Crippen molar-refractivity contribution in [3.05, 3.63) is 77.9 Å². The van der Waals surface area contributed by atoms with Crippen LogP contribution in [-0.2, 0) is 15.4 Å². The molecule has 6 heteroatoms. The van der Waals surface area contributed by atoms with E-state index >= 15 is 0 Å². The molecule has 0 aliphatic heterocycles. The van der Waals surface area contributed by atoms with Crippen LogP contribution in [0.3, 0.4) is 0 Å². The molecule has 4 aromatic rings. The monoisotopic (exact) mass is 420 g/mol. The Kier molecular flexibility index (Phi) is 4.90. The van der Waals surface area contributed by atoms with Crippen molar-refractivity contribution < 1.29 is 12.8 Å². The van der Waals surface area contributed by atoms with Crippen molar-refractivity contribution in [3.63, 3.8) is 0 Å². The predicted octanol–water partition coefficient (Wildman–Crippen LogP) is 5.90. The van der Waals surface area contributed by atoms with Gasteiger partial charge in [-0.25, -0.2) is 13.4 Å². The van der Waals surface area contributed by atoms with Gasteiger partial charge in [-0.15, -0.1) is 0 Å². The van der Waals surface area contributed by atoms with Crippen LogP contribution in [0.2, 0.25) is 0 Å². The van der Waals surface area contributed by atoms with Gasteiger partial charge in [0, 0.05) is 11.6 Å². The topological polar surface area (TPSA) is 72.2 Å². The number of anilines is 1. The fourth-order valence-corrected chi connectivity index (χ4v) is 4.21. The molecular formula is C24H24N2O3S. The average molecular weight is 421 g/mol. The van der Waals surface area contributed by atoms with E-state index in [1.807, 2.05) is 19.1 Å². The molecule has 0 saturated heterocycles. The Labute approximate surface area is 176 Å². The molecule has 5 nitrogen and oxygen atoms in total. The summed E-state index contributed by atoms with van der Waals surface area (Å²) < 4.78 is 33.8. The molecule has 0 radical (unpaired) electrons. The lowest BCUT2D eigenvalue weighted by atomic mass is 9.87. The minimum Gasteiger partial charge on any atom is -0.436 e. The number of fused-ring (bicyclic) bond motifs is 1. The quantitative estimate of drug-likeness (QED) is 0.446. The smallest absolute Gasteiger partial charge is 0.261 e. The number of sulfonamides is 1. The van der Waals surface area contributed by atoms with Crippen molar-refractivity contribution in [3.8, 4) is 11.5 Å². The minimum absolute atomic E-state index is 0.0728. The van der Waals surface area contributed by atoms with Crippen molar-refractivity contribution in [1.29, 1.82) is 0 Å². The Balaban J connectivity index is 1.62. The van der Waals surface area contributed by atoms with Crippen molar-refractivity contribution in [2.75, 3.05) is 4.72 Å². The van der Waals surface area contributed by atoms with E-state index in [-0.39, 0.29) is 10.3 Å². The molecule has 154 valence electrons. The average Bonchev–Trinajstić information content (AvgIpc) is 3.11. The van der Waals surface area contributed by atoms with Gasteiger partial charge in [0.2, 0.25) is 5.89 Å². The number of aromatic nitrogens is 1. The molecule has 0 atom stereocenters. The molecule has 0 aliphatic rings. The summed E-state index contributed by atoms with van der Waals surface area (Å²) in [7, 11) is -3.67. The first kappa shape index (κ1) is 20.2. The van der Waals surface area contributed by atoms with E-state index in [4.69, 9.17) is 4.42 Å². The lowest BCUT2D eigenvalue weighted by Gasteiger charge is -2.18. The largest absolute Gasteiger partial charge is 0.436 e. The normalized spacial score (nSPS) is 12.3. The molecule has 0 amide bonds. The maximum absolute atomic E-state index is 12.6. The van der Waals surface area contributed by atoms with Crippen LogP contribution in [0, 0.1) is 6.92 Å². The van der Waals surface area contributed by atoms with Crippen LogP contribution in [0.4, 0.5) is 5.69 Å². The molecule has 1 aromatic heterocycles. The number of benzene rings is 3. The molecule has 0 fully saturated rings. The first-order valence-corrected chi connectivity index (χ1v) is 11.2. The number of aryl methyl sites for hydroxylation is 1. The summed E-state index contributed by atoms with van der Waals surface area (Å²) in [6.07, 6.45) is 0. The van der Waals surface area contributed by atoms with Gasteiger partial charge in [0.1, 0.15) is 5.52 Å². The van der Waals surface area contributed by atoms with Crippen LogP contribution in [-0.4, -0.2) is 13.4 Å². The number of nitrogens with one attached hydrogen (secondary N) is 1. The van der Waals surface area contributed by atoms with Crippen molar-refractivity contribution in [1.82, 2.24) is 4.98 Å². The Morgan fingerprint density at radius 1 is 0.900 bits per heavy atom. The molecule has 1 heterocycles. The van der Waals surface area contributed by atoms with E-state index in [2.05, 4.69) is 42.6 Å². The highest BCUT2D eigenvalue weighted by Gasteiger charge is 2.17. The third-order valence-electron chi connectivity index (χ3n) is 4.97. The molecule has 30 heavy (non-hydrogen) atoms. The summed E-state index contributed by atoms with van der Waals surface area (Å²) >= 11 is 0. The van der Waals surface area contributed by atoms with Crippen LogP contribution >= 0.6 is 0 Å². The van der Waals surface area contributed by atoms with Crippen LogP contribution in [0.1, 0.15) is 31.9 Å². The minimum atomic E-state index is -3.67. The standard InChI is InChI=1S/C24H24N2O3S/c1-16-5-12-20(13-6-16)30(27,28)26-19-11-14-21-22(15-19)29-23(25-21)17-7-9-18(10-8-17)24(2,3)4/h5-15,26H,1-4H3. The van der Waals surface area contributed by atoms with Gasteiger partial charge >= 0.3 is 0 Å². The maximum atomic E-state index is 12.6. The van der Waals surface area contributed by atoms with Crippen LogP contribution in [0.15, 0.2) is 76.0 Å². The third kappa shape index (κ3) is 4.09. The maximum Gasteiger partial charge on any atom is 0.261 e. The zero-order valence-corrected chi connectivity index (χ0v) is 18.2. The first-order valence-electron chi connectivity index (χ1n) is 9.73. The van der Waals surface area contributed by atoms with E-state index in [0.717, 1.165) is 11.1 Å².